The predicted octanol–water partition coefficient (Wildman–Crippen LogP) is 1.23. The maximum absolute atomic E-state index is 5.66. The molecule has 2 aromatic rings. The average molecular weight is 290 g/mol. The third-order valence-corrected chi connectivity index (χ3v) is 3.25. The summed E-state index contributed by atoms with van der Waals surface area (Å²) in [6, 6.07) is 7.43. The van der Waals surface area contributed by atoms with Crippen LogP contribution in [0, 0.1) is 0 Å². The molecule has 1 saturated heterocycles. The molecule has 0 atom stereocenters. The second-order valence-corrected chi connectivity index (χ2v) is 4.65. The van der Waals surface area contributed by atoms with Crippen LogP contribution in [0.2, 0.25) is 0 Å². The van der Waals surface area contributed by atoms with E-state index in [1.165, 1.54) is 0 Å². The zero-order chi connectivity index (χ0) is 14.5. The SMILES string of the molecule is COc1ccc(OCc2nc(N3CCOCC3)n[nH]2)cc1. The fourth-order valence-electron chi connectivity index (χ4n) is 2.08. The highest BCUT2D eigenvalue weighted by Gasteiger charge is 2.15. The number of hydrogen-bond donors (Lipinski definition) is 1. The summed E-state index contributed by atoms with van der Waals surface area (Å²) in [6.07, 6.45) is 0. The second-order valence-electron chi connectivity index (χ2n) is 4.65. The molecule has 1 aromatic carbocycles. The number of ether oxygens (including phenoxy) is 3. The molecule has 7 heteroatoms. The predicted molar refractivity (Wildman–Crippen MR) is 76.7 cm³/mol. The van der Waals surface area contributed by atoms with Gasteiger partial charge in [-0.3, -0.25) is 5.10 Å². The molecule has 7 nitrogen and oxygen atoms in total. The minimum atomic E-state index is 0.351. The molecular formula is C14H18N4O3. The van der Waals surface area contributed by atoms with Crippen molar-refractivity contribution >= 4 is 5.95 Å². The average Bonchev–Trinajstić information content (AvgIpc) is 3.03. The molecule has 1 N–H and O–H groups in total. The Morgan fingerprint density at radius 1 is 1.19 bits per heavy atom. The minimum Gasteiger partial charge on any atom is -0.497 e. The summed E-state index contributed by atoms with van der Waals surface area (Å²) in [5.74, 6) is 2.97. The number of methoxy groups -OCH3 is 1. The Kier molecular flexibility index (Phi) is 4.20. The number of H-pyrrole nitrogens is 1. The van der Waals surface area contributed by atoms with Crippen LogP contribution in [0.25, 0.3) is 0 Å². The van der Waals surface area contributed by atoms with E-state index in [2.05, 4.69) is 20.1 Å². The van der Waals surface area contributed by atoms with E-state index in [0.717, 1.165) is 24.6 Å². The van der Waals surface area contributed by atoms with Crippen LogP contribution in [0.1, 0.15) is 5.82 Å². The molecule has 0 spiro atoms. The number of morpholine rings is 1. The van der Waals surface area contributed by atoms with E-state index in [9.17, 15) is 0 Å². The molecule has 21 heavy (non-hydrogen) atoms. The van der Waals surface area contributed by atoms with Crippen molar-refractivity contribution in [1.29, 1.82) is 0 Å². The second kappa shape index (κ2) is 6.45. The largest absolute Gasteiger partial charge is 0.497 e. The molecule has 0 unspecified atom stereocenters. The van der Waals surface area contributed by atoms with Crippen LogP contribution in [0.15, 0.2) is 24.3 Å². The first-order valence-corrected chi connectivity index (χ1v) is 6.86. The quantitative estimate of drug-likeness (QED) is 0.893. The van der Waals surface area contributed by atoms with E-state index in [4.69, 9.17) is 14.2 Å². The molecule has 2 heterocycles. The number of benzene rings is 1. The maximum atomic E-state index is 5.66. The molecule has 1 aliphatic heterocycles. The number of nitrogens with one attached hydrogen (secondary N) is 1. The Hall–Kier alpha value is -2.28. The summed E-state index contributed by atoms with van der Waals surface area (Å²) in [5.41, 5.74) is 0. The highest BCUT2D eigenvalue weighted by Crippen LogP contribution is 2.18. The van der Waals surface area contributed by atoms with Gasteiger partial charge < -0.3 is 19.1 Å². The van der Waals surface area contributed by atoms with Gasteiger partial charge in [0.1, 0.15) is 18.1 Å². The van der Waals surface area contributed by atoms with Crippen molar-refractivity contribution < 1.29 is 14.2 Å². The van der Waals surface area contributed by atoms with E-state index < -0.39 is 0 Å². The third-order valence-electron chi connectivity index (χ3n) is 3.25. The molecule has 112 valence electrons. The van der Waals surface area contributed by atoms with Gasteiger partial charge in [-0.1, -0.05) is 0 Å². The van der Waals surface area contributed by atoms with Crippen molar-refractivity contribution in [2.45, 2.75) is 6.61 Å². The van der Waals surface area contributed by atoms with Gasteiger partial charge in [-0.05, 0) is 24.3 Å². The number of anilines is 1. The number of hydrogen-bond acceptors (Lipinski definition) is 6. The Balaban J connectivity index is 1.56. The Bertz CT molecular complexity index is 564. The van der Waals surface area contributed by atoms with Crippen LogP contribution in [-0.2, 0) is 11.3 Å². The standard InChI is InChI=1S/C14H18N4O3/c1-19-11-2-4-12(5-3-11)21-10-13-15-14(17-16-13)18-6-8-20-9-7-18/h2-5H,6-10H2,1H3,(H,15,16,17). The zero-order valence-electron chi connectivity index (χ0n) is 11.9. The van der Waals surface area contributed by atoms with Gasteiger partial charge in [0.2, 0.25) is 5.95 Å². The van der Waals surface area contributed by atoms with Gasteiger partial charge in [-0.15, -0.1) is 5.10 Å². The van der Waals surface area contributed by atoms with Gasteiger partial charge in [0.25, 0.3) is 0 Å². The van der Waals surface area contributed by atoms with E-state index >= 15 is 0 Å². The number of rotatable bonds is 5. The summed E-state index contributed by atoms with van der Waals surface area (Å²) >= 11 is 0. The molecular weight excluding hydrogens is 272 g/mol. The molecule has 0 bridgehead atoms. The van der Waals surface area contributed by atoms with Crippen molar-refractivity contribution in [3.05, 3.63) is 30.1 Å². The van der Waals surface area contributed by atoms with Gasteiger partial charge >= 0.3 is 0 Å². The van der Waals surface area contributed by atoms with E-state index in [0.29, 0.717) is 31.6 Å². The smallest absolute Gasteiger partial charge is 0.244 e. The lowest BCUT2D eigenvalue weighted by Crippen LogP contribution is -2.36. The number of nitrogens with zero attached hydrogens (tertiary/aromatic N) is 3. The summed E-state index contributed by atoms with van der Waals surface area (Å²) in [5, 5.41) is 7.12. The van der Waals surface area contributed by atoms with E-state index in [-0.39, 0.29) is 0 Å². The molecule has 1 aromatic heterocycles. The highest BCUT2D eigenvalue weighted by molar-refractivity contribution is 5.31. The Morgan fingerprint density at radius 2 is 1.90 bits per heavy atom. The maximum Gasteiger partial charge on any atom is 0.244 e. The van der Waals surface area contributed by atoms with Crippen LogP contribution in [0.5, 0.6) is 11.5 Å². The minimum absolute atomic E-state index is 0.351. The molecule has 3 rings (SSSR count). The van der Waals surface area contributed by atoms with Crippen LogP contribution in [0.4, 0.5) is 5.95 Å². The fraction of sp³-hybridized carbons (Fsp3) is 0.429. The third kappa shape index (κ3) is 3.43. The van der Waals surface area contributed by atoms with Gasteiger partial charge in [0, 0.05) is 13.1 Å². The summed E-state index contributed by atoms with van der Waals surface area (Å²) in [7, 11) is 1.64. The topological polar surface area (TPSA) is 72.5 Å². The zero-order valence-corrected chi connectivity index (χ0v) is 11.9. The van der Waals surface area contributed by atoms with Crippen molar-refractivity contribution in [2.75, 3.05) is 38.3 Å². The number of aromatic amines is 1. The van der Waals surface area contributed by atoms with Gasteiger partial charge in [-0.25, -0.2) is 0 Å². The fourth-order valence-corrected chi connectivity index (χ4v) is 2.08. The summed E-state index contributed by atoms with van der Waals surface area (Å²) < 4.78 is 16.1. The van der Waals surface area contributed by atoms with Gasteiger partial charge in [0.05, 0.1) is 20.3 Å². The van der Waals surface area contributed by atoms with Crippen molar-refractivity contribution in [3.8, 4) is 11.5 Å². The normalized spacial score (nSPS) is 15.0. The lowest BCUT2D eigenvalue weighted by molar-refractivity contribution is 0.122. The van der Waals surface area contributed by atoms with Gasteiger partial charge in [-0.2, -0.15) is 4.98 Å². The van der Waals surface area contributed by atoms with Crippen LogP contribution in [-0.4, -0.2) is 48.6 Å². The van der Waals surface area contributed by atoms with Crippen molar-refractivity contribution in [1.82, 2.24) is 15.2 Å². The molecule has 0 amide bonds. The monoisotopic (exact) mass is 290 g/mol. The molecule has 0 aliphatic carbocycles. The first kappa shape index (κ1) is 13.7. The van der Waals surface area contributed by atoms with Crippen LogP contribution >= 0.6 is 0 Å². The van der Waals surface area contributed by atoms with Crippen LogP contribution in [0.3, 0.4) is 0 Å². The van der Waals surface area contributed by atoms with E-state index in [1.54, 1.807) is 7.11 Å². The van der Waals surface area contributed by atoms with Crippen molar-refractivity contribution in [2.24, 2.45) is 0 Å². The lowest BCUT2D eigenvalue weighted by Gasteiger charge is -2.25. The molecule has 0 saturated carbocycles. The molecule has 1 fully saturated rings. The van der Waals surface area contributed by atoms with Crippen LogP contribution < -0.4 is 14.4 Å². The first-order valence-electron chi connectivity index (χ1n) is 6.86. The van der Waals surface area contributed by atoms with Crippen molar-refractivity contribution in [3.63, 3.8) is 0 Å². The lowest BCUT2D eigenvalue weighted by atomic mass is 10.3. The first-order chi connectivity index (χ1) is 10.3. The van der Waals surface area contributed by atoms with Gasteiger partial charge in [0.15, 0.2) is 5.82 Å². The Morgan fingerprint density at radius 3 is 2.62 bits per heavy atom. The Labute approximate surface area is 122 Å². The highest BCUT2D eigenvalue weighted by atomic mass is 16.5. The summed E-state index contributed by atoms with van der Waals surface area (Å²) in [4.78, 5) is 6.53. The van der Waals surface area contributed by atoms with E-state index in [1.807, 2.05) is 24.3 Å². The number of aromatic nitrogens is 3. The molecule has 1 aliphatic rings. The molecule has 0 radical (unpaired) electrons. The summed E-state index contributed by atoms with van der Waals surface area (Å²) in [6.45, 7) is 3.41.